The third kappa shape index (κ3) is 4.39. The normalized spacial score (nSPS) is 24.3. The summed E-state index contributed by atoms with van der Waals surface area (Å²) in [4.78, 5) is 12.8. The van der Waals surface area contributed by atoms with E-state index in [1.54, 1.807) is 18.2 Å². The maximum absolute atomic E-state index is 12.8. The number of rotatable bonds is 6. The van der Waals surface area contributed by atoms with Crippen molar-refractivity contribution in [1.29, 1.82) is 0 Å². The minimum Gasteiger partial charge on any atom is -0.492 e. The summed E-state index contributed by atoms with van der Waals surface area (Å²) in [5, 5.41) is 3.46. The van der Waals surface area contributed by atoms with E-state index in [1.807, 2.05) is 13.8 Å². The van der Waals surface area contributed by atoms with Crippen LogP contribution in [0.15, 0.2) is 18.2 Å². The lowest BCUT2D eigenvalue weighted by molar-refractivity contribution is -0.147. The maximum Gasteiger partial charge on any atom is 0.256 e. The fourth-order valence-corrected chi connectivity index (χ4v) is 3.51. The molecule has 1 aromatic carbocycles. The first-order chi connectivity index (χ1) is 11.0. The molecule has 0 saturated heterocycles. The van der Waals surface area contributed by atoms with Crippen molar-refractivity contribution in [3.05, 3.63) is 23.2 Å². The zero-order valence-electron chi connectivity index (χ0n) is 14.2. The van der Waals surface area contributed by atoms with Gasteiger partial charge in [0.25, 0.3) is 5.91 Å². The van der Waals surface area contributed by atoms with Crippen molar-refractivity contribution in [2.24, 2.45) is 5.92 Å². The number of hydrogen-bond acceptors (Lipinski definition) is 3. The van der Waals surface area contributed by atoms with Crippen LogP contribution in [-0.2, 0) is 9.53 Å². The Hall–Kier alpha value is -1.26. The van der Waals surface area contributed by atoms with Crippen LogP contribution in [0.1, 0.15) is 46.5 Å². The van der Waals surface area contributed by atoms with E-state index in [2.05, 4.69) is 12.2 Å². The van der Waals surface area contributed by atoms with Gasteiger partial charge in [0.15, 0.2) is 0 Å². The topological polar surface area (TPSA) is 47.6 Å². The number of amides is 1. The maximum atomic E-state index is 12.8. The van der Waals surface area contributed by atoms with E-state index in [0.29, 0.717) is 35.6 Å². The van der Waals surface area contributed by atoms with Gasteiger partial charge in [0, 0.05) is 12.3 Å². The molecule has 1 fully saturated rings. The minimum atomic E-state index is -0.725. The summed E-state index contributed by atoms with van der Waals surface area (Å²) in [5.41, 5.74) is -0.0574. The van der Waals surface area contributed by atoms with Crippen LogP contribution in [0, 0.1) is 5.92 Å². The molecule has 2 rings (SSSR count). The Balaban J connectivity index is 2.13. The molecular formula is C18H26ClNO3. The first-order valence-electron chi connectivity index (χ1n) is 8.38. The van der Waals surface area contributed by atoms with Crippen LogP contribution < -0.4 is 10.1 Å². The molecule has 2 atom stereocenters. The highest BCUT2D eigenvalue weighted by Gasteiger charge is 2.42. The second-order valence-corrected chi connectivity index (χ2v) is 6.57. The fourth-order valence-electron chi connectivity index (χ4n) is 3.28. The van der Waals surface area contributed by atoms with Crippen LogP contribution in [0.25, 0.3) is 0 Å². The average molecular weight is 340 g/mol. The molecule has 0 aromatic heterocycles. The third-order valence-corrected chi connectivity index (χ3v) is 4.58. The van der Waals surface area contributed by atoms with Crippen LogP contribution in [-0.4, -0.2) is 24.7 Å². The summed E-state index contributed by atoms with van der Waals surface area (Å²) in [6.45, 7) is 7.10. The van der Waals surface area contributed by atoms with E-state index < -0.39 is 5.60 Å². The van der Waals surface area contributed by atoms with Crippen molar-refractivity contribution < 1.29 is 14.3 Å². The van der Waals surface area contributed by atoms with Crippen molar-refractivity contribution in [1.82, 2.24) is 0 Å². The molecule has 1 aliphatic carbocycles. The van der Waals surface area contributed by atoms with Gasteiger partial charge in [0.05, 0.1) is 11.6 Å². The summed E-state index contributed by atoms with van der Waals surface area (Å²) < 4.78 is 11.3. The molecule has 0 unspecified atom stereocenters. The number of anilines is 1. The predicted molar refractivity (Wildman–Crippen MR) is 93.2 cm³/mol. The highest BCUT2D eigenvalue weighted by molar-refractivity contribution is 6.32. The standard InChI is InChI=1S/C18H26ClNO3/c1-4-22-16-9-8-14(11-15(16)19)20-17(21)18(23-5-2)10-6-7-13(3)12-18/h8-9,11,13H,4-7,10,12H2,1-3H3,(H,20,21)/t13-,18+/m0/s1. The Morgan fingerprint density at radius 3 is 2.78 bits per heavy atom. The quantitative estimate of drug-likeness (QED) is 0.819. The SMILES string of the molecule is CCOc1ccc(NC(=O)[C@@]2(OCC)CCC[C@H](C)C2)cc1Cl. The second-order valence-electron chi connectivity index (χ2n) is 6.16. The first kappa shape index (κ1) is 18.1. The van der Waals surface area contributed by atoms with Crippen LogP contribution in [0.3, 0.4) is 0 Å². The number of halogens is 1. The highest BCUT2D eigenvalue weighted by atomic mass is 35.5. The molecule has 0 spiro atoms. The minimum absolute atomic E-state index is 0.0777. The average Bonchev–Trinajstić information content (AvgIpc) is 2.50. The van der Waals surface area contributed by atoms with Crippen molar-refractivity contribution in [3.63, 3.8) is 0 Å². The molecule has 1 N–H and O–H groups in total. The van der Waals surface area contributed by atoms with E-state index in [0.717, 1.165) is 25.7 Å². The van der Waals surface area contributed by atoms with Gasteiger partial charge in [-0.25, -0.2) is 0 Å². The Bertz CT molecular complexity index is 545. The number of ether oxygens (including phenoxy) is 2. The monoisotopic (exact) mass is 339 g/mol. The van der Waals surface area contributed by atoms with Gasteiger partial charge in [-0.1, -0.05) is 24.9 Å². The number of benzene rings is 1. The van der Waals surface area contributed by atoms with Gasteiger partial charge < -0.3 is 14.8 Å². The molecule has 128 valence electrons. The summed E-state index contributed by atoms with van der Waals surface area (Å²) in [5.74, 6) is 1.04. The molecule has 23 heavy (non-hydrogen) atoms. The smallest absolute Gasteiger partial charge is 0.256 e. The molecule has 0 heterocycles. The largest absolute Gasteiger partial charge is 0.492 e. The number of nitrogens with one attached hydrogen (secondary N) is 1. The Morgan fingerprint density at radius 1 is 1.39 bits per heavy atom. The van der Waals surface area contributed by atoms with Gasteiger partial charge in [0.1, 0.15) is 11.4 Å². The van der Waals surface area contributed by atoms with Crippen LogP contribution in [0.5, 0.6) is 5.75 Å². The molecule has 1 aliphatic rings. The van der Waals surface area contributed by atoms with E-state index in [9.17, 15) is 4.79 Å². The molecule has 0 bridgehead atoms. The molecule has 0 radical (unpaired) electrons. The highest BCUT2D eigenvalue weighted by Crippen LogP contribution is 2.36. The molecular weight excluding hydrogens is 314 g/mol. The molecule has 5 heteroatoms. The number of carbonyl (C=O) groups is 1. The second kappa shape index (κ2) is 8.02. The lowest BCUT2D eigenvalue weighted by atomic mass is 9.78. The fraction of sp³-hybridized carbons (Fsp3) is 0.611. The summed E-state index contributed by atoms with van der Waals surface area (Å²) in [7, 11) is 0. The molecule has 0 aliphatic heterocycles. The predicted octanol–water partition coefficient (Wildman–Crippen LogP) is 4.66. The van der Waals surface area contributed by atoms with Gasteiger partial charge >= 0.3 is 0 Å². The van der Waals surface area contributed by atoms with Gasteiger partial charge in [0.2, 0.25) is 0 Å². The van der Waals surface area contributed by atoms with Crippen LogP contribution in [0.4, 0.5) is 5.69 Å². The lowest BCUT2D eigenvalue weighted by Crippen LogP contribution is -2.48. The van der Waals surface area contributed by atoms with Crippen LogP contribution in [0.2, 0.25) is 5.02 Å². The zero-order chi connectivity index (χ0) is 16.9. The van der Waals surface area contributed by atoms with Gasteiger partial charge in [-0.2, -0.15) is 0 Å². The van der Waals surface area contributed by atoms with Crippen molar-refractivity contribution in [3.8, 4) is 5.75 Å². The van der Waals surface area contributed by atoms with Crippen molar-refractivity contribution >= 4 is 23.2 Å². The van der Waals surface area contributed by atoms with E-state index in [-0.39, 0.29) is 5.91 Å². The summed E-state index contributed by atoms with van der Waals surface area (Å²) >= 11 is 6.19. The first-order valence-corrected chi connectivity index (χ1v) is 8.76. The molecule has 4 nitrogen and oxygen atoms in total. The van der Waals surface area contributed by atoms with E-state index in [1.165, 1.54) is 0 Å². The van der Waals surface area contributed by atoms with E-state index >= 15 is 0 Å². The van der Waals surface area contributed by atoms with Gasteiger partial charge in [-0.3, -0.25) is 4.79 Å². The Kier molecular flexibility index (Phi) is 6.31. The molecule has 1 saturated carbocycles. The lowest BCUT2D eigenvalue weighted by Gasteiger charge is -2.38. The Labute approximate surface area is 143 Å². The molecule has 1 amide bonds. The zero-order valence-corrected chi connectivity index (χ0v) is 14.9. The Morgan fingerprint density at radius 2 is 2.17 bits per heavy atom. The van der Waals surface area contributed by atoms with Crippen molar-refractivity contribution in [2.45, 2.75) is 52.1 Å². The molecule has 1 aromatic rings. The van der Waals surface area contributed by atoms with E-state index in [4.69, 9.17) is 21.1 Å². The number of carbonyl (C=O) groups excluding carboxylic acids is 1. The van der Waals surface area contributed by atoms with Gasteiger partial charge in [-0.15, -0.1) is 0 Å². The summed E-state index contributed by atoms with van der Waals surface area (Å²) in [6, 6.07) is 5.30. The van der Waals surface area contributed by atoms with Crippen molar-refractivity contribution in [2.75, 3.05) is 18.5 Å². The summed E-state index contributed by atoms with van der Waals surface area (Å²) in [6.07, 6.45) is 3.69. The number of hydrogen-bond donors (Lipinski definition) is 1. The van der Waals surface area contributed by atoms with Crippen LogP contribution >= 0.6 is 11.6 Å². The third-order valence-electron chi connectivity index (χ3n) is 4.28. The van der Waals surface area contributed by atoms with Gasteiger partial charge in [-0.05, 0) is 57.2 Å².